The third-order valence-electron chi connectivity index (χ3n) is 6.82. The highest BCUT2D eigenvalue weighted by atomic mass is 31.1. The average Bonchev–Trinajstić information content (AvgIpc) is 3.04. The normalized spacial score (nSPS) is 13.6. The largest absolute Gasteiger partial charge is 0.327 e. The summed E-state index contributed by atoms with van der Waals surface area (Å²) in [5.74, 6) is -3.21. The second-order valence-electron chi connectivity index (χ2n) is 9.58. The molecule has 3 aromatic carbocycles. The van der Waals surface area contributed by atoms with E-state index in [-0.39, 0.29) is 22.3 Å². The van der Waals surface area contributed by atoms with Gasteiger partial charge < -0.3 is 4.57 Å². The van der Waals surface area contributed by atoms with Gasteiger partial charge in [-0.25, -0.2) is 4.90 Å². The van der Waals surface area contributed by atoms with Gasteiger partial charge in [0.25, 0.3) is 11.8 Å². The number of hydrogen-bond donors (Lipinski definition) is 0. The first-order valence-corrected chi connectivity index (χ1v) is 12.7. The van der Waals surface area contributed by atoms with Crippen LogP contribution in [0.25, 0.3) is 0 Å². The minimum atomic E-state index is -2.50. The molecule has 0 bridgehead atoms. The molecule has 36 heavy (non-hydrogen) atoms. The molecule has 3 aromatic rings. The Morgan fingerprint density at radius 2 is 1.00 bits per heavy atom. The highest BCUT2D eigenvalue weighted by Crippen LogP contribution is 2.43. The number of benzene rings is 3. The molecule has 0 N–H and O–H groups in total. The number of aryl methyl sites for hydroxylation is 6. The minimum Gasteiger partial charge on any atom is -0.327 e. The van der Waals surface area contributed by atoms with Crippen LogP contribution in [-0.2, 0) is 4.57 Å². The zero-order valence-electron chi connectivity index (χ0n) is 21.2. The number of imide groups is 1. The molecule has 0 aliphatic carbocycles. The number of carbonyl (C=O) groups is 4. The van der Waals surface area contributed by atoms with Crippen LogP contribution in [0.1, 0.15) is 74.8 Å². The smallest absolute Gasteiger partial charge is 0.263 e. The Bertz CT molecular complexity index is 1350. The van der Waals surface area contributed by atoms with Crippen LogP contribution in [0, 0.1) is 41.5 Å². The lowest BCUT2D eigenvalue weighted by molar-refractivity contribution is 0.0461. The van der Waals surface area contributed by atoms with Crippen molar-refractivity contribution in [2.24, 2.45) is 0 Å². The number of hydrogen-bond acceptors (Lipinski definition) is 5. The van der Waals surface area contributed by atoms with Crippen LogP contribution in [0.2, 0.25) is 0 Å². The van der Waals surface area contributed by atoms with Crippen LogP contribution in [0.4, 0.5) is 0 Å². The molecule has 1 aliphatic heterocycles. The molecule has 0 spiro atoms. The van der Waals surface area contributed by atoms with Gasteiger partial charge in [0.05, 0.1) is 11.1 Å². The Hall–Kier alpha value is -3.63. The van der Waals surface area contributed by atoms with Crippen LogP contribution < -0.4 is 0 Å². The van der Waals surface area contributed by atoms with Gasteiger partial charge in [-0.2, -0.15) is 0 Å². The average molecular weight is 502 g/mol. The lowest BCUT2D eigenvalue weighted by Crippen LogP contribution is -2.59. The summed E-state index contributed by atoms with van der Waals surface area (Å²) in [7, 11) is -2.27. The molecule has 4 rings (SSSR count). The summed E-state index contributed by atoms with van der Waals surface area (Å²) >= 11 is 0. The predicted octanol–water partition coefficient (Wildman–Crippen LogP) is 5.35. The van der Waals surface area contributed by atoms with Gasteiger partial charge >= 0.3 is 0 Å². The van der Waals surface area contributed by atoms with E-state index in [0.717, 1.165) is 11.1 Å². The maximum Gasteiger partial charge on any atom is 0.263 e. The molecule has 0 aromatic heterocycles. The van der Waals surface area contributed by atoms with Crippen LogP contribution in [0.5, 0.6) is 0 Å². The number of nitrogens with zero attached hydrogens (tertiary/aromatic N) is 1. The van der Waals surface area contributed by atoms with Crippen molar-refractivity contribution in [1.29, 1.82) is 0 Å². The molecular weight excluding hydrogens is 473 g/mol. The fourth-order valence-electron chi connectivity index (χ4n) is 5.43. The molecule has 0 fully saturated rings. The number of ketones is 2. The van der Waals surface area contributed by atoms with Gasteiger partial charge in [0, 0.05) is 11.1 Å². The minimum absolute atomic E-state index is 0.0787. The number of Topliss-reactive ketones (excluding diaryl/α,β-unsaturated/α-hetero) is 2. The molecular formula is C29H28NO5P. The molecule has 184 valence electrons. The molecule has 0 radical (unpaired) electrons. The van der Waals surface area contributed by atoms with Crippen LogP contribution >= 0.6 is 8.46 Å². The Balaban J connectivity index is 2.06. The van der Waals surface area contributed by atoms with Crippen molar-refractivity contribution in [2.75, 3.05) is 0 Å². The molecule has 6 nitrogen and oxygen atoms in total. The summed E-state index contributed by atoms with van der Waals surface area (Å²) in [5, 5.41) is -2.50. The maximum absolute atomic E-state index is 14.4. The number of carbonyl (C=O) groups excluding carboxylic acids is 4. The van der Waals surface area contributed by atoms with E-state index >= 15 is 0 Å². The second kappa shape index (κ2) is 9.11. The summed E-state index contributed by atoms with van der Waals surface area (Å²) in [6.07, 6.45) is 0. The Morgan fingerprint density at radius 1 is 0.667 bits per heavy atom. The Kier molecular flexibility index (Phi) is 6.44. The molecule has 1 heterocycles. The van der Waals surface area contributed by atoms with E-state index in [9.17, 15) is 23.7 Å². The van der Waals surface area contributed by atoms with Crippen molar-refractivity contribution in [1.82, 2.24) is 4.90 Å². The quantitative estimate of drug-likeness (QED) is 0.197. The lowest BCUT2D eigenvalue weighted by atomic mass is 9.85. The van der Waals surface area contributed by atoms with Gasteiger partial charge in [0.15, 0.2) is 0 Å². The second-order valence-corrected chi connectivity index (χ2v) is 10.7. The summed E-state index contributed by atoms with van der Waals surface area (Å²) in [6, 6.07) is 13.3. The third-order valence-corrected chi connectivity index (χ3v) is 7.94. The van der Waals surface area contributed by atoms with E-state index in [1.807, 2.05) is 13.8 Å². The highest BCUT2D eigenvalue weighted by molar-refractivity contribution is 7.30. The molecule has 2 amide bonds. The Labute approximate surface area is 211 Å². The van der Waals surface area contributed by atoms with Crippen LogP contribution in [-0.4, -0.2) is 33.6 Å². The number of amides is 2. The van der Waals surface area contributed by atoms with E-state index in [1.165, 1.54) is 12.1 Å². The highest BCUT2D eigenvalue weighted by Gasteiger charge is 2.59. The van der Waals surface area contributed by atoms with E-state index in [1.54, 1.807) is 64.1 Å². The van der Waals surface area contributed by atoms with Crippen LogP contribution in [0.3, 0.4) is 0 Å². The fraction of sp³-hybridized carbons (Fsp3) is 0.241. The number of fused-ring (bicyclic) bond motifs is 1. The van der Waals surface area contributed by atoms with E-state index in [4.69, 9.17) is 0 Å². The zero-order valence-corrected chi connectivity index (χ0v) is 22.3. The topological polar surface area (TPSA) is 88.6 Å². The summed E-state index contributed by atoms with van der Waals surface area (Å²) in [6.45, 7) is 10.7. The van der Waals surface area contributed by atoms with Crippen molar-refractivity contribution in [3.63, 3.8) is 0 Å². The van der Waals surface area contributed by atoms with E-state index in [0.29, 0.717) is 27.2 Å². The fourth-order valence-corrected chi connectivity index (χ4v) is 6.28. The van der Waals surface area contributed by atoms with Crippen molar-refractivity contribution < 1.29 is 23.7 Å². The van der Waals surface area contributed by atoms with Crippen molar-refractivity contribution >= 4 is 31.8 Å². The van der Waals surface area contributed by atoms with Crippen molar-refractivity contribution in [3.8, 4) is 0 Å². The maximum atomic E-state index is 14.4. The van der Waals surface area contributed by atoms with E-state index in [2.05, 4.69) is 0 Å². The lowest BCUT2D eigenvalue weighted by Gasteiger charge is -2.35. The van der Waals surface area contributed by atoms with Gasteiger partial charge in [-0.3, -0.25) is 19.2 Å². The molecule has 0 saturated carbocycles. The summed E-state index contributed by atoms with van der Waals surface area (Å²) in [5.41, 5.74) is 4.69. The first kappa shape index (κ1) is 25.5. The van der Waals surface area contributed by atoms with Gasteiger partial charge in [0.1, 0.15) is 8.46 Å². The van der Waals surface area contributed by atoms with Gasteiger partial charge in [-0.1, -0.05) is 47.5 Å². The van der Waals surface area contributed by atoms with Crippen molar-refractivity contribution in [3.05, 3.63) is 104 Å². The number of rotatable bonds is 6. The van der Waals surface area contributed by atoms with Gasteiger partial charge in [-0.15, -0.1) is 0 Å². The molecule has 7 heteroatoms. The first-order valence-electron chi connectivity index (χ1n) is 11.6. The summed E-state index contributed by atoms with van der Waals surface area (Å²) < 4.78 is 13.3. The summed E-state index contributed by atoms with van der Waals surface area (Å²) in [4.78, 5) is 56.7. The van der Waals surface area contributed by atoms with E-state index < -0.39 is 37.1 Å². The SMILES string of the molecule is Cc1cc(C)c(C(=O)C([PH2]=O)(C(=O)c2c(C)cc(C)cc2C)N2C(=O)c3ccccc3C2=O)c(C)c1. The molecule has 0 saturated heterocycles. The molecule has 1 atom stereocenters. The van der Waals surface area contributed by atoms with Crippen molar-refractivity contribution in [2.45, 2.75) is 46.8 Å². The zero-order chi connectivity index (χ0) is 26.5. The first-order chi connectivity index (χ1) is 16.9. The van der Waals surface area contributed by atoms with Crippen LogP contribution in [0.15, 0.2) is 48.5 Å². The molecule has 1 aliphatic rings. The Morgan fingerprint density at radius 3 is 1.31 bits per heavy atom. The standard InChI is InChI=1S/C29H28NO5P/c1-15-11-17(3)23(18(4)12-15)25(31)29(36-35,26(32)24-19(5)13-16(2)14-20(24)6)30-27(33)21-9-7-8-10-22(21)28(30)34/h7-14H,36H2,1-6H3. The predicted molar refractivity (Wildman–Crippen MR) is 140 cm³/mol. The molecule has 1 unspecified atom stereocenters. The van der Waals surface area contributed by atoms with Gasteiger partial charge in [0.2, 0.25) is 16.8 Å². The monoisotopic (exact) mass is 501 g/mol. The third kappa shape index (κ3) is 3.68. The van der Waals surface area contributed by atoms with Gasteiger partial charge in [-0.05, 0) is 75.9 Å².